The Kier molecular flexibility index (Phi) is 6.81. The smallest absolute Gasteiger partial charge is 0.341 e. The number of esters is 1. The summed E-state index contributed by atoms with van der Waals surface area (Å²) in [5.41, 5.74) is 1.27. The van der Waals surface area contributed by atoms with E-state index in [1.54, 1.807) is 13.8 Å². The fourth-order valence-electron chi connectivity index (χ4n) is 3.53. The number of aryl methyl sites for hydroxylation is 1. The minimum absolute atomic E-state index is 0.259. The molecule has 0 saturated heterocycles. The van der Waals surface area contributed by atoms with Gasteiger partial charge >= 0.3 is 11.9 Å². The van der Waals surface area contributed by atoms with E-state index in [0.717, 1.165) is 23.3 Å². The van der Waals surface area contributed by atoms with Gasteiger partial charge in [0.05, 0.1) is 23.5 Å². The molecule has 0 unspecified atom stereocenters. The molecule has 1 amide bonds. The van der Waals surface area contributed by atoms with Crippen LogP contribution >= 0.6 is 11.3 Å². The lowest BCUT2D eigenvalue weighted by Gasteiger charge is -2.27. The van der Waals surface area contributed by atoms with E-state index in [2.05, 4.69) is 5.32 Å². The minimum atomic E-state index is -0.930. The highest BCUT2D eigenvalue weighted by atomic mass is 32.1. The van der Waals surface area contributed by atoms with Gasteiger partial charge in [-0.3, -0.25) is 9.59 Å². The number of carboxylic acids is 1. The van der Waals surface area contributed by atoms with Crippen LogP contribution in [0.3, 0.4) is 0 Å². The maximum absolute atomic E-state index is 12.8. The summed E-state index contributed by atoms with van der Waals surface area (Å²) >= 11 is 1.34. The SMILES string of the molecule is CCc1c(C)sc(NC(=O)[C@@H]2CCCC[C@@H]2C(=O)O)c1C(=O)OC(C)C. The van der Waals surface area contributed by atoms with E-state index < -0.39 is 23.8 Å². The summed E-state index contributed by atoms with van der Waals surface area (Å²) in [7, 11) is 0. The molecular formula is C19H27NO5S. The Bertz CT molecular complexity index is 694. The predicted molar refractivity (Wildman–Crippen MR) is 101 cm³/mol. The average Bonchev–Trinajstić information content (AvgIpc) is 2.89. The molecule has 1 aliphatic rings. The maximum atomic E-state index is 12.8. The number of ether oxygens (including phenoxy) is 1. The Morgan fingerprint density at radius 3 is 2.38 bits per heavy atom. The largest absolute Gasteiger partial charge is 0.481 e. The quantitative estimate of drug-likeness (QED) is 0.726. The molecular weight excluding hydrogens is 354 g/mol. The summed E-state index contributed by atoms with van der Waals surface area (Å²) in [6, 6.07) is 0. The first kappa shape index (κ1) is 20.4. The second-order valence-electron chi connectivity index (χ2n) is 6.97. The predicted octanol–water partition coefficient (Wildman–Crippen LogP) is 4.01. The zero-order valence-corrected chi connectivity index (χ0v) is 16.6. The lowest BCUT2D eigenvalue weighted by molar-refractivity contribution is -0.147. The fraction of sp³-hybridized carbons (Fsp3) is 0.632. The van der Waals surface area contributed by atoms with Crippen LogP contribution in [0.4, 0.5) is 5.00 Å². The number of hydrogen-bond acceptors (Lipinski definition) is 5. The first-order chi connectivity index (χ1) is 12.3. The number of hydrogen-bond donors (Lipinski definition) is 2. The van der Waals surface area contributed by atoms with Gasteiger partial charge in [-0.15, -0.1) is 11.3 Å². The van der Waals surface area contributed by atoms with Crippen molar-refractivity contribution < 1.29 is 24.2 Å². The highest BCUT2D eigenvalue weighted by Crippen LogP contribution is 2.36. The minimum Gasteiger partial charge on any atom is -0.481 e. The van der Waals surface area contributed by atoms with Crippen LogP contribution in [0.15, 0.2) is 0 Å². The molecule has 1 heterocycles. The number of carboxylic acid groups (broad SMARTS) is 1. The normalized spacial score (nSPS) is 20.0. The van der Waals surface area contributed by atoms with E-state index in [1.807, 2.05) is 13.8 Å². The molecule has 26 heavy (non-hydrogen) atoms. The van der Waals surface area contributed by atoms with Crippen LogP contribution in [0.1, 0.15) is 67.3 Å². The molecule has 1 aromatic heterocycles. The highest BCUT2D eigenvalue weighted by molar-refractivity contribution is 7.16. The van der Waals surface area contributed by atoms with Gasteiger partial charge in [0.1, 0.15) is 5.00 Å². The van der Waals surface area contributed by atoms with Crippen molar-refractivity contribution >= 4 is 34.2 Å². The van der Waals surface area contributed by atoms with Crippen LogP contribution in [-0.4, -0.2) is 29.1 Å². The summed E-state index contributed by atoms with van der Waals surface area (Å²) < 4.78 is 5.34. The topological polar surface area (TPSA) is 92.7 Å². The summed E-state index contributed by atoms with van der Waals surface area (Å²) in [6.07, 6.45) is 3.13. The van der Waals surface area contributed by atoms with Crippen LogP contribution in [0.25, 0.3) is 0 Å². The van der Waals surface area contributed by atoms with Crippen molar-refractivity contribution in [1.82, 2.24) is 0 Å². The number of rotatable bonds is 6. The Balaban J connectivity index is 2.29. The summed E-state index contributed by atoms with van der Waals surface area (Å²) in [4.78, 5) is 37.7. The molecule has 144 valence electrons. The molecule has 1 aromatic rings. The summed E-state index contributed by atoms with van der Waals surface area (Å²) in [5.74, 6) is -2.93. The van der Waals surface area contributed by atoms with Gasteiger partial charge in [0.15, 0.2) is 0 Å². The van der Waals surface area contributed by atoms with Crippen molar-refractivity contribution in [2.75, 3.05) is 5.32 Å². The number of thiophene rings is 1. The number of anilines is 1. The van der Waals surface area contributed by atoms with E-state index in [0.29, 0.717) is 29.8 Å². The molecule has 0 spiro atoms. The number of nitrogens with one attached hydrogen (secondary N) is 1. The Hall–Kier alpha value is -1.89. The Morgan fingerprint density at radius 1 is 1.23 bits per heavy atom. The van der Waals surface area contributed by atoms with Gasteiger partial charge in [-0.2, -0.15) is 0 Å². The van der Waals surface area contributed by atoms with Gasteiger partial charge in [-0.05, 0) is 45.6 Å². The van der Waals surface area contributed by atoms with Crippen molar-refractivity contribution in [2.45, 2.75) is 65.9 Å². The maximum Gasteiger partial charge on any atom is 0.341 e. The zero-order valence-electron chi connectivity index (χ0n) is 15.8. The third-order valence-corrected chi connectivity index (χ3v) is 5.83. The Labute approximate surface area is 157 Å². The molecule has 0 bridgehead atoms. The molecule has 2 N–H and O–H groups in total. The van der Waals surface area contributed by atoms with Crippen LogP contribution in [0.2, 0.25) is 0 Å². The highest BCUT2D eigenvalue weighted by Gasteiger charge is 2.36. The van der Waals surface area contributed by atoms with Crippen molar-refractivity contribution in [3.8, 4) is 0 Å². The second-order valence-corrected chi connectivity index (χ2v) is 8.20. The summed E-state index contributed by atoms with van der Waals surface area (Å²) in [6.45, 7) is 7.42. The van der Waals surface area contributed by atoms with Crippen LogP contribution in [-0.2, 0) is 20.7 Å². The molecule has 1 fully saturated rings. The molecule has 2 rings (SSSR count). The van der Waals surface area contributed by atoms with Gasteiger partial charge < -0.3 is 15.2 Å². The molecule has 6 nitrogen and oxygen atoms in total. The monoisotopic (exact) mass is 381 g/mol. The van der Waals surface area contributed by atoms with Gasteiger partial charge in [0.25, 0.3) is 0 Å². The molecule has 1 saturated carbocycles. The first-order valence-electron chi connectivity index (χ1n) is 9.13. The van der Waals surface area contributed by atoms with Crippen LogP contribution < -0.4 is 5.32 Å². The van der Waals surface area contributed by atoms with E-state index in [4.69, 9.17) is 4.74 Å². The van der Waals surface area contributed by atoms with E-state index in [1.165, 1.54) is 11.3 Å². The number of aliphatic carboxylic acids is 1. The molecule has 0 radical (unpaired) electrons. The fourth-order valence-corrected chi connectivity index (χ4v) is 4.66. The number of amides is 1. The van der Waals surface area contributed by atoms with Crippen LogP contribution in [0.5, 0.6) is 0 Å². The number of carbonyl (C=O) groups excluding carboxylic acids is 2. The lowest BCUT2D eigenvalue weighted by Crippen LogP contribution is -2.36. The molecule has 7 heteroatoms. The second kappa shape index (κ2) is 8.66. The van der Waals surface area contributed by atoms with Crippen molar-refractivity contribution in [1.29, 1.82) is 0 Å². The Morgan fingerprint density at radius 2 is 1.85 bits per heavy atom. The number of carbonyl (C=O) groups is 3. The zero-order chi connectivity index (χ0) is 19.4. The average molecular weight is 381 g/mol. The van der Waals surface area contributed by atoms with Crippen molar-refractivity contribution in [3.05, 3.63) is 16.0 Å². The summed E-state index contributed by atoms with van der Waals surface area (Å²) in [5, 5.41) is 12.7. The van der Waals surface area contributed by atoms with Crippen molar-refractivity contribution in [3.63, 3.8) is 0 Å². The third-order valence-electron chi connectivity index (χ3n) is 4.77. The van der Waals surface area contributed by atoms with Gasteiger partial charge in [0.2, 0.25) is 5.91 Å². The first-order valence-corrected chi connectivity index (χ1v) is 9.94. The molecule has 0 aliphatic heterocycles. The molecule has 2 atom stereocenters. The van der Waals surface area contributed by atoms with Gasteiger partial charge in [-0.1, -0.05) is 19.8 Å². The standard InChI is InChI=1S/C19H27NO5S/c1-5-12-11(4)26-17(15(12)19(24)25-10(2)3)20-16(21)13-8-6-7-9-14(13)18(22)23/h10,13-14H,5-9H2,1-4H3,(H,20,21)(H,22,23)/t13-,14+/m1/s1. The van der Waals surface area contributed by atoms with Crippen LogP contribution in [0, 0.1) is 18.8 Å². The van der Waals surface area contributed by atoms with E-state index in [-0.39, 0.29) is 12.0 Å². The molecule has 1 aliphatic carbocycles. The van der Waals surface area contributed by atoms with Gasteiger partial charge in [0, 0.05) is 4.88 Å². The third kappa shape index (κ3) is 4.44. The lowest BCUT2D eigenvalue weighted by atomic mass is 9.79. The van der Waals surface area contributed by atoms with E-state index >= 15 is 0 Å². The van der Waals surface area contributed by atoms with E-state index in [9.17, 15) is 19.5 Å². The molecule has 0 aromatic carbocycles. The van der Waals surface area contributed by atoms with Gasteiger partial charge in [-0.25, -0.2) is 4.79 Å². The van der Waals surface area contributed by atoms with Crippen molar-refractivity contribution in [2.24, 2.45) is 11.8 Å².